The van der Waals surface area contributed by atoms with Crippen molar-refractivity contribution in [3.05, 3.63) is 53.1 Å². The lowest BCUT2D eigenvalue weighted by atomic mass is 10.2. The average Bonchev–Trinajstić information content (AvgIpc) is 2.50. The third kappa shape index (κ3) is 4.95. The summed E-state index contributed by atoms with van der Waals surface area (Å²) in [5, 5.41) is 4.08. The van der Waals surface area contributed by atoms with Crippen LogP contribution in [0.2, 0.25) is 5.02 Å². The molecule has 2 aromatic rings. The molecule has 2 nitrogen and oxygen atoms in total. The summed E-state index contributed by atoms with van der Waals surface area (Å²) in [7, 11) is 0. The van der Waals surface area contributed by atoms with E-state index in [4.69, 9.17) is 16.3 Å². The van der Waals surface area contributed by atoms with Gasteiger partial charge in [-0.25, -0.2) is 0 Å². The Labute approximate surface area is 135 Å². The van der Waals surface area contributed by atoms with Crippen molar-refractivity contribution in [2.75, 3.05) is 12.8 Å². The first-order valence-corrected chi connectivity index (χ1v) is 8.64. The van der Waals surface area contributed by atoms with Crippen molar-refractivity contribution < 1.29 is 4.74 Å². The van der Waals surface area contributed by atoms with E-state index in [0.29, 0.717) is 0 Å². The molecule has 0 aliphatic rings. The van der Waals surface area contributed by atoms with Gasteiger partial charge in [0.15, 0.2) is 0 Å². The number of hydrogen-bond acceptors (Lipinski definition) is 3. The third-order valence-electron chi connectivity index (χ3n) is 3.06. The zero-order valence-corrected chi connectivity index (χ0v) is 13.9. The highest BCUT2D eigenvalue weighted by Crippen LogP contribution is 2.28. The van der Waals surface area contributed by atoms with Crippen molar-refractivity contribution in [3.8, 4) is 11.5 Å². The Morgan fingerprint density at radius 1 is 1.10 bits per heavy atom. The molecule has 0 radical (unpaired) electrons. The van der Waals surface area contributed by atoms with E-state index >= 15 is 0 Å². The van der Waals surface area contributed by atoms with Crippen molar-refractivity contribution in [1.82, 2.24) is 5.32 Å². The summed E-state index contributed by atoms with van der Waals surface area (Å²) in [5.74, 6) is 1.58. The van der Waals surface area contributed by atoms with Gasteiger partial charge in [-0.2, -0.15) is 0 Å². The molecule has 4 heteroatoms. The maximum atomic E-state index is 6.30. The van der Waals surface area contributed by atoms with Crippen molar-refractivity contribution in [2.45, 2.75) is 24.8 Å². The molecule has 0 saturated heterocycles. The standard InChI is InChI=1S/C17H20ClNOS/c1-3-10-19-12-13-4-5-15(11-17(13)18)20-14-6-8-16(21-2)9-7-14/h4-9,11,19H,3,10,12H2,1-2H3. The highest BCUT2D eigenvalue weighted by atomic mass is 35.5. The van der Waals surface area contributed by atoms with Crippen LogP contribution in [0.25, 0.3) is 0 Å². The van der Waals surface area contributed by atoms with Crippen molar-refractivity contribution >= 4 is 23.4 Å². The summed E-state index contributed by atoms with van der Waals surface area (Å²) < 4.78 is 5.83. The number of nitrogens with one attached hydrogen (secondary N) is 1. The molecule has 21 heavy (non-hydrogen) atoms. The van der Waals surface area contributed by atoms with Crippen molar-refractivity contribution in [3.63, 3.8) is 0 Å². The van der Waals surface area contributed by atoms with Crippen LogP contribution in [0.4, 0.5) is 0 Å². The largest absolute Gasteiger partial charge is 0.457 e. The minimum atomic E-state index is 0.733. The van der Waals surface area contributed by atoms with E-state index < -0.39 is 0 Å². The first-order chi connectivity index (χ1) is 10.2. The first-order valence-electron chi connectivity index (χ1n) is 7.04. The maximum absolute atomic E-state index is 6.30. The molecule has 0 bridgehead atoms. The Kier molecular flexibility index (Phi) is 6.43. The molecule has 0 unspecified atom stereocenters. The topological polar surface area (TPSA) is 21.3 Å². The van der Waals surface area contributed by atoms with Gasteiger partial charge in [0.1, 0.15) is 11.5 Å². The average molecular weight is 322 g/mol. The Hall–Kier alpha value is -1.16. The van der Waals surface area contributed by atoms with Crippen LogP contribution < -0.4 is 10.1 Å². The number of thioether (sulfide) groups is 1. The Bertz CT molecular complexity index is 572. The predicted molar refractivity (Wildman–Crippen MR) is 91.7 cm³/mol. The Morgan fingerprint density at radius 2 is 1.81 bits per heavy atom. The van der Waals surface area contributed by atoms with Gasteiger partial charge in [0.2, 0.25) is 0 Å². The minimum absolute atomic E-state index is 0.733. The second-order valence-electron chi connectivity index (χ2n) is 4.71. The smallest absolute Gasteiger partial charge is 0.128 e. The van der Waals surface area contributed by atoms with Crippen LogP contribution in [0.5, 0.6) is 11.5 Å². The number of rotatable bonds is 7. The molecule has 112 valence electrons. The lowest BCUT2D eigenvalue weighted by Gasteiger charge is -2.10. The van der Waals surface area contributed by atoms with Crippen LogP contribution in [0.3, 0.4) is 0 Å². The first kappa shape index (κ1) is 16.2. The fourth-order valence-electron chi connectivity index (χ4n) is 1.91. The lowest BCUT2D eigenvalue weighted by molar-refractivity contribution is 0.482. The highest BCUT2D eigenvalue weighted by Gasteiger charge is 2.04. The van der Waals surface area contributed by atoms with Gasteiger partial charge in [-0.05, 0) is 61.2 Å². The summed E-state index contributed by atoms with van der Waals surface area (Å²) in [5.41, 5.74) is 1.09. The molecule has 0 heterocycles. The molecule has 0 aliphatic heterocycles. The second-order valence-corrected chi connectivity index (χ2v) is 5.99. The lowest BCUT2D eigenvalue weighted by Crippen LogP contribution is -2.13. The van der Waals surface area contributed by atoms with Crippen molar-refractivity contribution in [1.29, 1.82) is 0 Å². The second kappa shape index (κ2) is 8.32. The molecular formula is C17H20ClNOS. The van der Waals surface area contributed by atoms with E-state index in [1.54, 1.807) is 11.8 Å². The van der Waals surface area contributed by atoms with Gasteiger partial charge in [0.05, 0.1) is 0 Å². The summed E-state index contributed by atoms with van der Waals surface area (Å²) in [6.45, 7) is 3.93. The zero-order chi connectivity index (χ0) is 15.1. The molecule has 0 fully saturated rings. The number of ether oxygens (including phenoxy) is 1. The monoisotopic (exact) mass is 321 g/mol. The van der Waals surface area contributed by atoms with Gasteiger partial charge in [-0.15, -0.1) is 11.8 Å². The quantitative estimate of drug-likeness (QED) is 0.548. The molecule has 0 atom stereocenters. The predicted octanol–water partition coefficient (Wildman–Crippen LogP) is 5.35. The van der Waals surface area contributed by atoms with Crippen LogP contribution in [0.1, 0.15) is 18.9 Å². The maximum Gasteiger partial charge on any atom is 0.128 e. The van der Waals surface area contributed by atoms with E-state index in [2.05, 4.69) is 18.5 Å². The molecule has 0 aliphatic carbocycles. The molecule has 2 rings (SSSR count). The van der Waals surface area contributed by atoms with Crippen LogP contribution in [0.15, 0.2) is 47.4 Å². The van der Waals surface area contributed by atoms with Crippen molar-refractivity contribution in [2.24, 2.45) is 0 Å². The van der Waals surface area contributed by atoms with Gasteiger partial charge >= 0.3 is 0 Å². The number of benzene rings is 2. The normalized spacial score (nSPS) is 10.6. The number of hydrogen-bond donors (Lipinski definition) is 1. The van der Waals surface area contributed by atoms with Gasteiger partial charge in [-0.3, -0.25) is 0 Å². The summed E-state index contributed by atoms with van der Waals surface area (Å²) in [6, 6.07) is 13.9. The molecule has 1 N–H and O–H groups in total. The molecular weight excluding hydrogens is 302 g/mol. The third-order valence-corrected chi connectivity index (χ3v) is 4.16. The molecule has 0 saturated carbocycles. The highest BCUT2D eigenvalue weighted by molar-refractivity contribution is 7.98. The Balaban J connectivity index is 2.01. The van der Waals surface area contributed by atoms with Crippen LogP contribution in [-0.2, 0) is 6.54 Å². The van der Waals surface area contributed by atoms with Gasteiger partial charge in [-0.1, -0.05) is 24.6 Å². The Morgan fingerprint density at radius 3 is 2.43 bits per heavy atom. The molecule has 0 amide bonds. The van der Waals surface area contributed by atoms with Gasteiger partial charge < -0.3 is 10.1 Å². The zero-order valence-electron chi connectivity index (χ0n) is 12.4. The van der Waals surface area contributed by atoms with Crippen LogP contribution in [0, 0.1) is 0 Å². The molecule has 0 aromatic heterocycles. The SMILES string of the molecule is CCCNCc1ccc(Oc2ccc(SC)cc2)cc1Cl. The number of halogens is 1. The fourth-order valence-corrected chi connectivity index (χ4v) is 2.56. The molecule has 2 aromatic carbocycles. The minimum Gasteiger partial charge on any atom is -0.457 e. The van der Waals surface area contributed by atoms with Gasteiger partial charge in [0.25, 0.3) is 0 Å². The van der Waals surface area contributed by atoms with Gasteiger partial charge in [0, 0.05) is 16.5 Å². The fraction of sp³-hybridized carbons (Fsp3) is 0.294. The summed E-state index contributed by atoms with van der Waals surface area (Å²) in [4.78, 5) is 1.22. The van der Waals surface area contributed by atoms with E-state index in [1.807, 2.05) is 42.5 Å². The van der Waals surface area contributed by atoms with E-state index in [0.717, 1.165) is 41.6 Å². The van der Waals surface area contributed by atoms with Crippen LogP contribution >= 0.6 is 23.4 Å². The summed E-state index contributed by atoms with van der Waals surface area (Å²) >= 11 is 8.01. The van der Waals surface area contributed by atoms with E-state index in [-0.39, 0.29) is 0 Å². The summed E-state index contributed by atoms with van der Waals surface area (Å²) in [6.07, 6.45) is 3.17. The van der Waals surface area contributed by atoms with Crippen LogP contribution in [-0.4, -0.2) is 12.8 Å². The molecule has 0 spiro atoms. The van der Waals surface area contributed by atoms with E-state index in [9.17, 15) is 0 Å². The van der Waals surface area contributed by atoms with E-state index in [1.165, 1.54) is 4.90 Å².